The van der Waals surface area contributed by atoms with Crippen LogP contribution in [0.4, 0.5) is 0 Å². The van der Waals surface area contributed by atoms with E-state index in [1.54, 1.807) is 11.9 Å². The molecule has 0 rings (SSSR count). The second kappa shape index (κ2) is 10.3. The predicted octanol–water partition coefficient (Wildman–Crippen LogP) is 4.13. The molecule has 0 aliphatic rings. The van der Waals surface area contributed by atoms with Crippen molar-refractivity contribution in [2.24, 2.45) is 5.92 Å². The summed E-state index contributed by atoms with van der Waals surface area (Å²) in [4.78, 5) is 0. The van der Waals surface area contributed by atoms with Crippen molar-refractivity contribution < 1.29 is 0 Å². The molecule has 0 radical (unpaired) electrons. The van der Waals surface area contributed by atoms with Crippen LogP contribution in [0.5, 0.6) is 0 Å². The molecule has 2 heteroatoms. The molecule has 0 heterocycles. The molecular formula is C13H25NS. The van der Waals surface area contributed by atoms with Crippen LogP contribution in [-0.2, 0) is 0 Å². The standard InChI is InChI=1S/C13H25NS/c1-5-6-7-8-9-10-11-13(2)12-14(3)15-4/h6-7,9-10,13H,5,8,11-12H2,1-4H3/b7-6-,10-9-. The highest BCUT2D eigenvalue weighted by Gasteiger charge is 2.02. The van der Waals surface area contributed by atoms with Crippen LogP contribution in [-0.4, -0.2) is 24.2 Å². The average molecular weight is 227 g/mol. The molecule has 0 saturated carbocycles. The first kappa shape index (κ1) is 14.8. The zero-order valence-electron chi connectivity index (χ0n) is 10.6. The van der Waals surface area contributed by atoms with Crippen molar-refractivity contribution in [2.45, 2.75) is 33.1 Å². The fourth-order valence-electron chi connectivity index (χ4n) is 1.35. The Bertz CT molecular complexity index is 187. The maximum absolute atomic E-state index is 2.30. The molecule has 1 nitrogen and oxygen atoms in total. The minimum Gasteiger partial charge on any atom is -0.254 e. The van der Waals surface area contributed by atoms with Crippen LogP contribution in [0.3, 0.4) is 0 Å². The minimum absolute atomic E-state index is 0.744. The average Bonchev–Trinajstić information content (AvgIpc) is 2.23. The van der Waals surface area contributed by atoms with Gasteiger partial charge in [0.2, 0.25) is 0 Å². The van der Waals surface area contributed by atoms with Gasteiger partial charge in [-0.1, -0.05) is 50.1 Å². The van der Waals surface area contributed by atoms with E-state index in [4.69, 9.17) is 0 Å². The predicted molar refractivity (Wildman–Crippen MR) is 73.1 cm³/mol. The van der Waals surface area contributed by atoms with E-state index < -0.39 is 0 Å². The fourth-order valence-corrected chi connectivity index (χ4v) is 1.76. The van der Waals surface area contributed by atoms with Gasteiger partial charge in [0.15, 0.2) is 0 Å². The third-order valence-electron chi connectivity index (χ3n) is 2.26. The molecule has 0 aliphatic carbocycles. The highest BCUT2D eigenvalue weighted by Crippen LogP contribution is 2.10. The Balaban J connectivity index is 3.52. The molecule has 0 aromatic rings. The summed E-state index contributed by atoms with van der Waals surface area (Å²) >= 11 is 1.80. The third-order valence-corrected chi connectivity index (χ3v) is 3.03. The van der Waals surface area contributed by atoms with Gasteiger partial charge in [-0.2, -0.15) is 0 Å². The molecule has 15 heavy (non-hydrogen) atoms. The second-order valence-electron chi connectivity index (χ2n) is 3.92. The minimum atomic E-state index is 0.744. The molecule has 0 N–H and O–H groups in total. The Labute approximate surface area is 99.8 Å². The maximum Gasteiger partial charge on any atom is 0.0115 e. The van der Waals surface area contributed by atoms with Crippen molar-refractivity contribution in [3.63, 3.8) is 0 Å². The molecule has 0 aromatic heterocycles. The summed E-state index contributed by atoms with van der Waals surface area (Å²) in [5.74, 6) is 0.744. The number of allylic oxidation sites excluding steroid dienone is 4. The number of rotatable bonds is 8. The summed E-state index contributed by atoms with van der Waals surface area (Å²) in [6.45, 7) is 5.63. The first-order valence-corrected chi connectivity index (χ1v) is 6.94. The third kappa shape index (κ3) is 10.1. The van der Waals surface area contributed by atoms with Crippen molar-refractivity contribution in [1.82, 2.24) is 4.31 Å². The molecule has 0 aromatic carbocycles. The molecule has 1 unspecified atom stereocenters. The van der Waals surface area contributed by atoms with Gasteiger partial charge in [0.05, 0.1) is 0 Å². The topological polar surface area (TPSA) is 3.24 Å². The molecule has 0 saturated heterocycles. The zero-order chi connectivity index (χ0) is 11.5. The summed E-state index contributed by atoms with van der Waals surface area (Å²) in [5, 5.41) is 0. The van der Waals surface area contributed by atoms with Crippen LogP contribution in [0.2, 0.25) is 0 Å². The first-order chi connectivity index (χ1) is 7.20. The second-order valence-corrected chi connectivity index (χ2v) is 4.91. The quantitative estimate of drug-likeness (QED) is 0.453. The van der Waals surface area contributed by atoms with Gasteiger partial charge in [-0.3, -0.25) is 4.31 Å². The Morgan fingerprint density at radius 1 is 1.20 bits per heavy atom. The lowest BCUT2D eigenvalue weighted by Gasteiger charge is -2.17. The normalized spacial score (nSPS) is 14.5. The number of hydrogen-bond acceptors (Lipinski definition) is 2. The fraction of sp³-hybridized carbons (Fsp3) is 0.692. The Hall–Kier alpha value is -0.210. The lowest BCUT2D eigenvalue weighted by molar-refractivity contribution is 0.443. The maximum atomic E-state index is 2.30. The van der Waals surface area contributed by atoms with Crippen LogP contribution < -0.4 is 0 Å². The lowest BCUT2D eigenvalue weighted by Crippen LogP contribution is -2.16. The first-order valence-electron chi connectivity index (χ1n) is 5.75. The number of nitrogens with zero attached hydrogens (tertiary/aromatic N) is 1. The monoisotopic (exact) mass is 227 g/mol. The highest BCUT2D eigenvalue weighted by molar-refractivity contribution is 7.96. The van der Waals surface area contributed by atoms with Crippen molar-refractivity contribution in [1.29, 1.82) is 0 Å². The lowest BCUT2D eigenvalue weighted by atomic mass is 10.1. The molecule has 0 bridgehead atoms. The smallest absolute Gasteiger partial charge is 0.0115 e. The Morgan fingerprint density at radius 3 is 2.47 bits per heavy atom. The number of hydrogen-bond donors (Lipinski definition) is 0. The van der Waals surface area contributed by atoms with Gasteiger partial charge in [0.1, 0.15) is 0 Å². The van der Waals surface area contributed by atoms with Gasteiger partial charge < -0.3 is 0 Å². The van der Waals surface area contributed by atoms with E-state index in [1.165, 1.54) is 6.42 Å². The van der Waals surface area contributed by atoms with Crippen molar-refractivity contribution >= 4 is 11.9 Å². The summed E-state index contributed by atoms with van der Waals surface area (Å²) < 4.78 is 2.29. The SMILES string of the molecule is CC/C=C\C/C=C\CC(C)CN(C)SC. The van der Waals surface area contributed by atoms with Gasteiger partial charge in [-0.25, -0.2) is 0 Å². The molecular weight excluding hydrogens is 202 g/mol. The highest BCUT2D eigenvalue weighted by atomic mass is 32.2. The van der Waals surface area contributed by atoms with E-state index in [0.29, 0.717) is 0 Å². The molecule has 0 spiro atoms. The molecule has 0 aliphatic heterocycles. The van der Waals surface area contributed by atoms with Gasteiger partial charge in [0.25, 0.3) is 0 Å². The summed E-state index contributed by atoms with van der Waals surface area (Å²) in [5.41, 5.74) is 0. The van der Waals surface area contributed by atoms with E-state index >= 15 is 0 Å². The van der Waals surface area contributed by atoms with Crippen molar-refractivity contribution in [2.75, 3.05) is 19.8 Å². The van der Waals surface area contributed by atoms with Gasteiger partial charge in [-0.15, -0.1) is 0 Å². The van der Waals surface area contributed by atoms with E-state index in [-0.39, 0.29) is 0 Å². The van der Waals surface area contributed by atoms with Crippen LogP contribution in [0.15, 0.2) is 24.3 Å². The molecule has 1 atom stereocenters. The summed E-state index contributed by atoms with van der Waals surface area (Å²) in [7, 11) is 2.15. The van der Waals surface area contributed by atoms with Gasteiger partial charge in [0, 0.05) is 6.54 Å². The molecule has 0 fully saturated rings. The van der Waals surface area contributed by atoms with Crippen LogP contribution >= 0.6 is 11.9 Å². The van der Waals surface area contributed by atoms with Crippen LogP contribution in [0.25, 0.3) is 0 Å². The van der Waals surface area contributed by atoms with E-state index in [1.807, 2.05) is 0 Å². The van der Waals surface area contributed by atoms with E-state index in [2.05, 4.69) is 55.8 Å². The van der Waals surface area contributed by atoms with Crippen molar-refractivity contribution in [3.05, 3.63) is 24.3 Å². The van der Waals surface area contributed by atoms with E-state index in [9.17, 15) is 0 Å². The van der Waals surface area contributed by atoms with Crippen molar-refractivity contribution in [3.8, 4) is 0 Å². The van der Waals surface area contributed by atoms with E-state index in [0.717, 1.165) is 25.3 Å². The van der Waals surface area contributed by atoms with Crippen LogP contribution in [0, 0.1) is 5.92 Å². The van der Waals surface area contributed by atoms with Gasteiger partial charge in [-0.05, 0) is 38.5 Å². The summed E-state index contributed by atoms with van der Waals surface area (Å²) in [6, 6.07) is 0. The molecule has 0 amide bonds. The van der Waals surface area contributed by atoms with Crippen LogP contribution in [0.1, 0.15) is 33.1 Å². The molecule has 88 valence electrons. The summed E-state index contributed by atoms with van der Waals surface area (Å²) in [6.07, 6.45) is 14.6. The largest absolute Gasteiger partial charge is 0.254 e. The zero-order valence-corrected chi connectivity index (χ0v) is 11.4. The Kier molecular flexibility index (Phi) is 10.2. The van der Waals surface area contributed by atoms with Gasteiger partial charge >= 0.3 is 0 Å². The Morgan fingerprint density at radius 2 is 1.87 bits per heavy atom.